The molecule has 0 saturated carbocycles. The van der Waals surface area contributed by atoms with Crippen LogP contribution in [0.3, 0.4) is 0 Å². The number of nitrogens with zero attached hydrogens (tertiary/aromatic N) is 3. The molecule has 0 spiro atoms. The van der Waals surface area contributed by atoms with Crippen molar-refractivity contribution in [2.24, 2.45) is 0 Å². The van der Waals surface area contributed by atoms with Gasteiger partial charge >= 0.3 is 12.1 Å². The Morgan fingerprint density at radius 3 is 2.48 bits per heavy atom. The highest BCUT2D eigenvalue weighted by Crippen LogP contribution is 2.29. The number of carbonyl (C=O) groups is 1. The molecular formula is C16H12F3N3O3. The van der Waals surface area contributed by atoms with Crippen LogP contribution in [0.15, 0.2) is 51.6 Å². The SMILES string of the molecule is CN(Cc1ccco1)C(=O)c1ccc(-c2noc(C(F)(F)F)n2)cc1. The molecule has 2 aromatic heterocycles. The van der Waals surface area contributed by atoms with Gasteiger partial charge in [-0.1, -0.05) is 17.3 Å². The Kier molecular flexibility index (Phi) is 4.30. The zero-order chi connectivity index (χ0) is 18.0. The summed E-state index contributed by atoms with van der Waals surface area (Å²) in [6.07, 6.45) is -3.18. The summed E-state index contributed by atoms with van der Waals surface area (Å²) in [6.45, 7) is 0.299. The number of rotatable bonds is 4. The van der Waals surface area contributed by atoms with E-state index in [2.05, 4.69) is 14.7 Å². The molecule has 2 heterocycles. The maximum atomic E-state index is 12.5. The first-order valence-electron chi connectivity index (χ1n) is 7.14. The van der Waals surface area contributed by atoms with Crippen LogP contribution in [-0.4, -0.2) is 28.0 Å². The maximum Gasteiger partial charge on any atom is 0.471 e. The maximum absolute atomic E-state index is 12.5. The normalized spacial score (nSPS) is 11.5. The van der Waals surface area contributed by atoms with Crippen LogP contribution in [0.1, 0.15) is 22.0 Å². The molecule has 0 bridgehead atoms. The van der Waals surface area contributed by atoms with Gasteiger partial charge in [0.05, 0.1) is 12.8 Å². The van der Waals surface area contributed by atoms with E-state index in [0.29, 0.717) is 23.4 Å². The number of hydrogen-bond acceptors (Lipinski definition) is 5. The first-order valence-corrected chi connectivity index (χ1v) is 7.14. The van der Waals surface area contributed by atoms with Crippen LogP contribution in [0.2, 0.25) is 0 Å². The van der Waals surface area contributed by atoms with Crippen LogP contribution >= 0.6 is 0 Å². The Bertz CT molecular complexity index is 855. The van der Waals surface area contributed by atoms with Crippen LogP contribution in [0.25, 0.3) is 11.4 Å². The average molecular weight is 351 g/mol. The molecule has 0 atom stereocenters. The Morgan fingerprint density at radius 2 is 1.92 bits per heavy atom. The summed E-state index contributed by atoms with van der Waals surface area (Å²) in [7, 11) is 1.62. The molecule has 1 aromatic carbocycles. The summed E-state index contributed by atoms with van der Waals surface area (Å²) < 4.78 is 46.8. The molecule has 1 amide bonds. The number of alkyl halides is 3. The number of halogens is 3. The molecule has 130 valence electrons. The van der Waals surface area contributed by atoms with Gasteiger partial charge in [-0.25, -0.2) is 0 Å². The van der Waals surface area contributed by atoms with Crippen LogP contribution in [0.5, 0.6) is 0 Å². The van der Waals surface area contributed by atoms with Crippen molar-refractivity contribution in [3.63, 3.8) is 0 Å². The Labute approximate surface area is 139 Å². The minimum atomic E-state index is -4.70. The van der Waals surface area contributed by atoms with Crippen molar-refractivity contribution < 1.29 is 26.9 Å². The van der Waals surface area contributed by atoms with Gasteiger partial charge in [-0.3, -0.25) is 4.79 Å². The minimum absolute atomic E-state index is 0.199. The van der Waals surface area contributed by atoms with Gasteiger partial charge in [0.1, 0.15) is 5.76 Å². The topological polar surface area (TPSA) is 72.4 Å². The lowest BCUT2D eigenvalue weighted by atomic mass is 10.1. The molecule has 0 saturated heterocycles. The number of benzene rings is 1. The lowest BCUT2D eigenvalue weighted by molar-refractivity contribution is -0.159. The second kappa shape index (κ2) is 6.42. The van der Waals surface area contributed by atoms with Crippen LogP contribution < -0.4 is 0 Å². The van der Waals surface area contributed by atoms with E-state index in [-0.39, 0.29) is 11.7 Å². The Hall–Kier alpha value is -3.10. The molecule has 0 aliphatic carbocycles. The molecule has 0 unspecified atom stereocenters. The number of furan rings is 1. The quantitative estimate of drug-likeness (QED) is 0.718. The Morgan fingerprint density at radius 1 is 1.20 bits per heavy atom. The monoisotopic (exact) mass is 351 g/mol. The lowest BCUT2D eigenvalue weighted by Crippen LogP contribution is -2.25. The van der Waals surface area contributed by atoms with Crippen molar-refractivity contribution in [2.75, 3.05) is 7.05 Å². The van der Waals surface area contributed by atoms with Crippen molar-refractivity contribution in [3.05, 3.63) is 59.9 Å². The molecule has 0 fully saturated rings. The highest BCUT2D eigenvalue weighted by molar-refractivity contribution is 5.94. The predicted octanol–water partition coefficient (Wildman–Crippen LogP) is 3.62. The van der Waals surface area contributed by atoms with Gasteiger partial charge in [0.15, 0.2) is 0 Å². The highest BCUT2D eigenvalue weighted by atomic mass is 19.4. The van der Waals surface area contributed by atoms with E-state index < -0.39 is 12.1 Å². The smallest absolute Gasteiger partial charge is 0.467 e. The Balaban J connectivity index is 1.73. The van der Waals surface area contributed by atoms with Crippen molar-refractivity contribution >= 4 is 5.91 Å². The third-order valence-electron chi connectivity index (χ3n) is 3.38. The molecule has 0 aliphatic rings. The first kappa shape index (κ1) is 16.7. The fraction of sp³-hybridized carbons (Fsp3) is 0.188. The molecular weight excluding hydrogens is 339 g/mol. The van der Waals surface area contributed by atoms with E-state index in [9.17, 15) is 18.0 Å². The van der Waals surface area contributed by atoms with Gasteiger partial charge < -0.3 is 13.8 Å². The van der Waals surface area contributed by atoms with Gasteiger partial charge in [-0.15, -0.1) is 0 Å². The molecule has 6 nitrogen and oxygen atoms in total. The zero-order valence-corrected chi connectivity index (χ0v) is 12.9. The summed E-state index contributed by atoms with van der Waals surface area (Å²) in [5, 5.41) is 3.30. The van der Waals surface area contributed by atoms with Crippen molar-refractivity contribution in [2.45, 2.75) is 12.7 Å². The number of hydrogen-bond donors (Lipinski definition) is 0. The van der Waals surface area contributed by atoms with E-state index >= 15 is 0 Å². The molecule has 0 aliphatic heterocycles. The lowest BCUT2D eigenvalue weighted by Gasteiger charge is -2.15. The number of aromatic nitrogens is 2. The fourth-order valence-corrected chi connectivity index (χ4v) is 2.15. The molecule has 25 heavy (non-hydrogen) atoms. The van der Waals surface area contributed by atoms with Gasteiger partial charge in [0.2, 0.25) is 5.82 Å². The predicted molar refractivity (Wildman–Crippen MR) is 79.2 cm³/mol. The minimum Gasteiger partial charge on any atom is -0.467 e. The van der Waals surface area contributed by atoms with E-state index in [4.69, 9.17) is 4.42 Å². The molecule has 3 aromatic rings. The largest absolute Gasteiger partial charge is 0.471 e. The van der Waals surface area contributed by atoms with E-state index in [0.717, 1.165) is 0 Å². The van der Waals surface area contributed by atoms with Gasteiger partial charge in [0.25, 0.3) is 5.91 Å². The summed E-state index contributed by atoms with van der Waals surface area (Å²) in [5.74, 6) is -1.23. The standard InChI is InChI=1S/C16H12F3N3O3/c1-22(9-12-3-2-8-24-12)14(23)11-6-4-10(5-7-11)13-20-15(25-21-13)16(17,18)19/h2-8H,9H2,1H3. The van der Waals surface area contributed by atoms with Gasteiger partial charge in [0, 0.05) is 18.2 Å². The van der Waals surface area contributed by atoms with E-state index in [1.54, 1.807) is 19.2 Å². The zero-order valence-electron chi connectivity index (χ0n) is 12.9. The van der Waals surface area contributed by atoms with Crippen molar-refractivity contribution in [3.8, 4) is 11.4 Å². The van der Waals surface area contributed by atoms with Crippen LogP contribution in [-0.2, 0) is 12.7 Å². The van der Waals surface area contributed by atoms with Crippen molar-refractivity contribution in [1.29, 1.82) is 0 Å². The fourth-order valence-electron chi connectivity index (χ4n) is 2.15. The van der Waals surface area contributed by atoms with Gasteiger partial charge in [-0.2, -0.15) is 18.2 Å². The average Bonchev–Trinajstić information content (AvgIpc) is 3.25. The van der Waals surface area contributed by atoms with E-state index in [1.807, 2.05) is 0 Å². The first-order chi connectivity index (χ1) is 11.8. The molecule has 0 radical (unpaired) electrons. The summed E-state index contributed by atoms with van der Waals surface area (Å²) in [6, 6.07) is 9.36. The van der Waals surface area contributed by atoms with Gasteiger partial charge in [-0.05, 0) is 24.3 Å². The van der Waals surface area contributed by atoms with E-state index in [1.165, 1.54) is 35.4 Å². The third-order valence-corrected chi connectivity index (χ3v) is 3.38. The number of amides is 1. The molecule has 0 N–H and O–H groups in total. The molecule has 9 heteroatoms. The third kappa shape index (κ3) is 3.70. The van der Waals surface area contributed by atoms with Crippen LogP contribution in [0, 0.1) is 0 Å². The summed E-state index contributed by atoms with van der Waals surface area (Å²) >= 11 is 0. The van der Waals surface area contributed by atoms with Crippen LogP contribution in [0.4, 0.5) is 13.2 Å². The summed E-state index contributed by atoms with van der Waals surface area (Å²) in [4.78, 5) is 17.1. The van der Waals surface area contributed by atoms with Crippen molar-refractivity contribution in [1.82, 2.24) is 15.0 Å². The summed E-state index contributed by atoms with van der Waals surface area (Å²) in [5.41, 5.74) is 0.682. The molecule has 3 rings (SSSR count). The number of carbonyl (C=O) groups excluding carboxylic acids is 1. The second-order valence-electron chi connectivity index (χ2n) is 5.24. The highest BCUT2D eigenvalue weighted by Gasteiger charge is 2.38. The second-order valence-corrected chi connectivity index (χ2v) is 5.24.